The zero-order valence-corrected chi connectivity index (χ0v) is 18.2. The van der Waals surface area contributed by atoms with Gasteiger partial charge in [-0.3, -0.25) is 14.6 Å². The number of aryl methyl sites for hydroxylation is 1. The Hall–Kier alpha value is -3.65. The fraction of sp³-hybridized carbons (Fsp3) is 0.208. The monoisotopic (exact) mass is 449 g/mol. The van der Waals surface area contributed by atoms with Gasteiger partial charge >= 0.3 is 0 Å². The van der Waals surface area contributed by atoms with Crippen LogP contribution in [0.15, 0.2) is 84.5 Å². The predicted molar refractivity (Wildman–Crippen MR) is 118 cm³/mol. The van der Waals surface area contributed by atoms with Crippen LogP contribution in [0, 0.1) is 0 Å². The number of carbonyl (C=O) groups excluding carboxylic acids is 2. The molecule has 0 spiro atoms. The molecule has 1 aromatic carbocycles. The van der Waals surface area contributed by atoms with Gasteiger partial charge in [-0.1, -0.05) is 30.9 Å². The van der Waals surface area contributed by atoms with Crippen LogP contribution in [0.1, 0.15) is 27.7 Å². The summed E-state index contributed by atoms with van der Waals surface area (Å²) in [5, 5.41) is 14.8. The number of amides is 1. The number of carbonyl (C=O) groups is 2. The maximum Gasteiger partial charge on any atom is 0.241 e. The fourth-order valence-corrected chi connectivity index (χ4v) is 4.48. The van der Waals surface area contributed by atoms with E-state index in [1.54, 1.807) is 41.8 Å². The van der Waals surface area contributed by atoms with Crippen LogP contribution in [-0.4, -0.2) is 34.7 Å². The molecule has 1 unspecified atom stereocenters. The number of thiophene rings is 1. The molecular formula is C24H23N3O4S. The summed E-state index contributed by atoms with van der Waals surface area (Å²) in [4.78, 5) is 31.1. The van der Waals surface area contributed by atoms with Gasteiger partial charge in [-0.2, -0.15) is 0 Å². The number of aromatic amines is 1. The number of ketones is 1. The number of imidazole rings is 1. The van der Waals surface area contributed by atoms with E-state index in [0.717, 1.165) is 0 Å². The van der Waals surface area contributed by atoms with E-state index in [-0.39, 0.29) is 5.57 Å². The van der Waals surface area contributed by atoms with E-state index >= 15 is 0 Å². The molecule has 164 valence electrons. The maximum atomic E-state index is 13.2. The molecule has 0 saturated heterocycles. The fourth-order valence-electron chi connectivity index (χ4n) is 3.80. The first-order valence-corrected chi connectivity index (χ1v) is 11.1. The number of nitrogens with zero attached hydrogens (tertiary/aromatic N) is 2. The van der Waals surface area contributed by atoms with Gasteiger partial charge in [0.25, 0.3) is 0 Å². The number of hydrogen-bond acceptors (Lipinski definition) is 5. The van der Waals surface area contributed by atoms with E-state index < -0.39 is 23.5 Å². The molecule has 1 atom stereocenters. The summed E-state index contributed by atoms with van der Waals surface area (Å²) in [5.74, 6) is -1.20. The highest BCUT2D eigenvalue weighted by Gasteiger charge is 2.39. The lowest BCUT2D eigenvalue weighted by molar-refractivity contribution is -0.695. The number of hydrogen-bond donors (Lipinski definition) is 1. The molecule has 1 aliphatic heterocycles. The van der Waals surface area contributed by atoms with Gasteiger partial charge in [-0.25, -0.2) is 4.57 Å². The lowest BCUT2D eigenvalue weighted by atomic mass is 9.95. The Morgan fingerprint density at radius 3 is 2.94 bits per heavy atom. The second kappa shape index (κ2) is 9.65. The van der Waals surface area contributed by atoms with Crippen molar-refractivity contribution >= 4 is 23.0 Å². The molecule has 0 saturated carbocycles. The molecule has 8 heteroatoms. The zero-order chi connectivity index (χ0) is 22.5. The Morgan fingerprint density at radius 2 is 2.22 bits per heavy atom. The molecule has 32 heavy (non-hydrogen) atoms. The third kappa shape index (κ3) is 4.36. The third-order valence-corrected chi connectivity index (χ3v) is 6.10. The van der Waals surface area contributed by atoms with Crippen LogP contribution >= 0.6 is 11.3 Å². The standard InChI is InChI=1S/C24H23N3O4S/c1-2-13-31-18-7-3-6-17(15-18)21-20(22(28)19-8-4-14-32-19)23(29)24(30)27(21)11-5-10-26-12-9-25-16-26/h2-4,6-9,12,14-16,21H,1,5,10-11,13H2,(H,28,29). The number of Topliss-reactive ketones (excluding diaryl/α,β-unsaturated/α-hetero) is 1. The molecule has 0 aliphatic carbocycles. The Balaban J connectivity index is 1.67. The van der Waals surface area contributed by atoms with E-state index in [9.17, 15) is 14.7 Å². The molecule has 0 fully saturated rings. The number of rotatable bonds is 10. The molecule has 4 rings (SSSR count). The third-order valence-electron chi connectivity index (χ3n) is 5.23. The summed E-state index contributed by atoms with van der Waals surface area (Å²) < 4.78 is 7.60. The highest BCUT2D eigenvalue weighted by molar-refractivity contribution is 7.12. The van der Waals surface area contributed by atoms with Crippen LogP contribution in [-0.2, 0) is 11.3 Å². The summed E-state index contributed by atoms with van der Waals surface area (Å²) in [7, 11) is 0. The number of benzene rings is 1. The first-order chi connectivity index (χ1) is 15.6. The summed E-state index contributed by atoms with van der Waals surface area (Å²) in [5.41, 5.74) is 0.660. The normalized spacial score (nSPS) is 15.9. The van der Waals surface area contributed by atoms with Crippen molar-refractivity contribution in [2.24, 2.45) is 0 Å². The Morgan fingerprint density at radius 1 is 1.34 bits per heavy atom. The minimum absolute atomic E-state index is 0.00684. The van der Waals surface area contributed by atoms with E-state index in [4.69, 9.17) is 4.74 Å². The van der Waals surface area contributed by atoms with Gasteiger partial charge in [0.2, 0.25) is 18.0 Å². The van der Waals surface area contributed by atoms with Crippen molar-refractivity contribution < 1.29 is 24.0 Å². The van der Waals surface area contributed by atoms with Crippen LogP contribution in [0.4, 0.5) is 0 Å². The molecule has 1 N–H and O–H groups in total. The van der Waals surface area contributed by atoms with Crippen molar-refractivity contribution in [3.63, 3.8) is 0 Å². The smallest absolute Gasteiger partial charge is 0.241 e. The maximum absolute atomic E-state index is 13.2. The highest BCUT2D eigenvalue weighted by Crippen LogP contribution is 2.39. The number of aromatic nitrogens is 2. The van der Waals surface area contributed by atoms with Crippen molar-refractivity contribution in [1.29, 1.82) is 0 Å². The van der Waals surface area contributed by atoms with Crippen molar-refractivity contribution in [3.8, 4) is 5.75 Å². The topological polar surface area (TPSA) is 89.3 Å². The minimum Gasteiger partial charge on any atom is -0.868 e. The molecule has 2 aromatic heterocycles. The SMILES string of the molecule is C=CCOc1cccc(C2C(C(=O)c3cccs3)=C([O-])C(=O)N2CCC[n+]2cc[nH]c2)c1. The quantitative estimate of drug-likeness (QED) is 0.292. The largest absolute Gasteiger partial charge is 0.868 e. The Labute approximate surface area is 189 Å². The number of H-pyrrole nitrogens is 1. The molecular weight excluding hydrogens is 426 g/mol. The van der Waals surface area contributed by atoms with Crippen molar-refractivity contribution in [2.45, 2.75) is 19.0 Å². The summed E-state index contributed by atoms with van der Waals surface area (Å²) in [6.07, 6.45) is 7.80. The van der Waals surface area contributed by atoms with E-state index in [0.29, 0.717) is 42.3 Å². The van der Waals surface area contributed by atoms with E-state index in [1.807, 2.05) is 29.4 Å². The van der Waals surface area contributed by atoms with Crippen molar-refractivity contribution in [3.05, 3.63) is 94.9 Å². The molecule has 0 bridgehead atoms. The minimum atomic E-state index is -0.756. The van der Waals surface area contributed by atoms with Crippen molar-refractivity contribution in [1.82, 2.24) is 9.88 Å². The Kier molecular flexibility index (Phi) is 6.51. The first-order valence-electron chi connectivity index (χ1n) is 10.3. The van der Waals surface area contributed by atoms with Gasteiger partial charge in [0.05, 0.1) is 17.5 Å². The summed E-state index contributed by atoms with van der Waals surface area (Å²) in [6, 6.07) is 9.84. The summed E-state index contributed by atoms with van der Waals surface area (Å²) in [6.45, 7) is 4.99. The van der Waals surface area contributed by atoms with Crippen molar-refractivity contribution in [2.75, 3.05) is 13.2 Å². The molecule has 7 nitrogen and oxygen atoms in total. The lowest BCUT2D eigenvalue weighted by Crippen LogP contribution is -2.37. The van der Waals surface area contributed by atoms with Crippen LogP contribution in [0.3, 0.4) is 0 Å². The Bertz CT molecular complexity index is 1140. The van der Waals surface area contributed by atoms with E-state index in [2.05, 4.69) is 11.6 Å². The lowest BCUT2D eigenvalue weighted by Gasteiger charge is -2.27. The molecule has 1 amide bonds. The average molecular weight is 450 g/mol. The average Bonchev–Trinajstić information content (AvgIpc) is 3.56. The second-order valence-corrected chi connectivity index (χ2v) is 8.27. The number of ether oxygens (including phenoxy) is 1. The first kappa shape index (κ1) is 21.6. The highest BCUT2D eigenvalue weighted by atomic mass is 32.1. The van der Waals surface area contributed by atoms with Crippen LogP contribution in [0.25, 0.3) is 0 Å². The molecule has 1 aliphatic rings. The zero-order valence-electron chi connectivity index (χ0n) is 17.4. The second-order valence-electron chi connectivity index (χ2n) is 7.33. The number of nitrogens with one attached hydrogen (secondary N) is 1. The van der Waals surface area contributed by atoms with Gasteiger partial charge in [0.1, 0.15) is 24.8 Å². The van der Waals surface area contributed by atoms with Gasteiger partial charge in [0.15, 0.2) is 0 Å². The van der Waals surface area contributed by atoms with Gasteiger partial charge in [-0.05, 0) is 34.9 Å². The molecule has 3 aromatic rings. The molecule has 0 radical (unpaired) electrons. The van der Waals surface area contributed by atoms with Gasteiger partial charge < -0.3 is 14.7 Å². The van der Waals surface area contributed by atoms with Gasteiger partial charge in [0, 0.05) is 18.5 Å². The summed E-state index contributed by atoms with van der Waals surface area (Å²) >= 11 is 1.25. The molecule has 3 heterocycles. The van der Waals surface area contributed by atoms with Crippen LogP contribution in [0.2, 0.25) is 0 Å². The van der Waals surface area contributed by atoms with Crippen LogP contribution in [0.5, 0.6) is 5.75 Å². The van der Waals surface area contributed by atoms with E-state index in [1.165, 1.54) is 16.2 Å². The predicted octanol–water partition coefficient (Wildman–Crippen LogP) is 2.40. The van der Waals surface area contributed by atoms with Crippen LogP contribution < -0.4 is 14.4 Å². The van der Waals surface area contributed by atoms with Gasteiger partial charge in [-0.15, -0.1) is 11.3 Å².